The molecule has 0 saturated heterocycles. The molecule has 92 valence electrons. The first-order chi connectivity index (χ1) is 8.04. The standard InChI is InChI=1S/C11H13BrN2O2S/c1-13-10(15)4-5-14-11(16)8-6-7(17)2-3-9(8)12/h2-3,6,17H,4-5H2,1H3,(H,13,15)(H,14,16). The zero-order chi connectivity index (χ0) is 12.8. The fourth-order valence-electron chi connectivity index (χ4n) is 1.20. The Morgan fingerprint density at radius 3 is 2.76 bits per heavy atom. The van der Waals surface area contributed by atoms with Crippen LogP contribution in [0, 0.1) is 0 Å². The number of hydrogen-bond donors (Lipinski definition) is 3. The van der Waals surface area contributed by atoms with Gasteiger partial charge >= 0.3 is 0 Å². The van der Waals surface area contributed by atoms with Gasteiger partial charge in [-0.1, -0.05) is 0 Å². The molecule has 0 unspecified atom stereocenters. The van der Waals surface area contributed by atoms with Gasteiger partial charge in [0.25, 0.3) is 5.91 Å². The number of carbonyl (C=O) groups excluding carboxylic acids is 2. The summed E-state index contributed by atoms with van der Waals surface area (Å²) in [4.78, 5) is 23.5. The molecule has 2 amide bonds. The van der Waals surface area contributed by atoms with Crippen molar-refractivity contribution in [1.29, 1.82) is 0 Å². The highest BCUT2D eigenvalue weighted by molar-refractivity contribution is 9.10. The Bertz CT molecular complexity index is 437. The molecule has 0 aliphatic rings. The maximum Gasteiger partial charge on any atom is 0.252 e. The van der Waals surface area contributed by atoms with E-state index in [1.165, 1.54) is 0 Å². The van der Waals surface area contributed by atoms with Gasteiger partial charge in [-0.15, -0.1) is 12.6 Å². The van der Waals surface area contributed by atoms with Crippen molar-refractivity contribution < 1.29 is 9.59 Å². The van der Waals surface area contributed by atoms with Gasteiger partial charge in [-0.25, -0.2) is 0 Å². The highest BCUT2D eigenvalue weighted by Gasteiger charge is 2.10. The van der Waals surface area contributed by atoms with Crippen LogP contribution in [-0.2, 0) is 4.79 Å². The van der Waals surface area contributed by atoms with Gasteiger partial charge in [0.2, 0.25) is 5.91 Å². The summed E-state index contributed by atoms with van der Waals surface area (Å²) in [5, 5.41) is 5.16. The molecule has 1 aromatic carbocycles. The predicted octanol–water partition coefficient (Wildman–Crippen LogP) is 1.60. The number of rotatable bonds is 4. The van der Waals surface area contributed by atoms with Crippen LogP contribution in [0.25, 0.3) is 0 Å². The summed E-state index contributed by atoms with van der Waals surface area (Å²) in [5.74, 6) is -0.330. The molecule has 2 N–H and O–H groups in total. The van der Waals surface area contributed by atoms with E-state index < -0.39 is 0 Å². The number of amides is 2. The largest absolute Gasteiger partial charge is 0.359 e. The number of halogens is 1. The van der Waals surface area contributed by atoms with Crippen molar-refractivity contribution in [3.63, 3.8) is 0 Å². The van der Waals surface area contributed by atoms with E-state index in [1.54, 1.807) is 25.2 Å². The first kappa shape index (κ1) is 14.1. The van der Waals surface area contributed by atoms with Crippen molar-refractivity contribution >= 4 is 40.4 Å². The molecule has 0 heterocycles. The maximum absolute atomic E-state index is 11.8. The average Bonchev–Trinajstić information content (AvgIpc) is 2.31. The average molecular weight is 317 g/mol. The van der Waals surface area contributed by atoms with E-state index in [-0.39, 0.29) is 18.2 Å². The number of thiol groups is 1. The maximum atomic E-state index is 11.8. The lowest BCUT2D eigenvalue weighted by Crippen LogP contribution is -2.29. The van der Waals surface area contributed by atoms with Crippen LogP contribution >= 0.6 is 28.6 Å². The van der Waals surface area contributed by atoms with Gasteiger partial charge in [-0.2, -0.15) is 0 Å². The lowest BCUT2D eigenvalue weighted by Gasteiger charge is -2.07. The Morgan fingerprint density at radius 2 is 2.12 bits per heavy atom. The second-order valence-corrected chi connectivity index (χ2v) is 4.71. The molecule has 1 aromatic rings. The minimum absolute atomic E-state index is 0.104. The number of benzene rings is 1. The smallest absolute Gasteiger partial charge is 0.252 e. The van der Waals surface area contributed by atoms with Gasteiger partial charge in [0.1, 0.15) is 0 Å². The van der Waals surface area contributed by atoms with Crippen LogP contribution in [0.4, 0.5) is 0 Å². The van der Waals surface area contributed by atoms with Crippen LogP contribution in [0.5, 0.6) is 0 Å². The number of hydrogen-bond acceptors (Lipinski definition) is 3. The van der Waals surface area contributed by atoms with Crippen molar-refractivity contribution in [2.24, 2.45) is 0 Å². The number of nitrogens with one attached hydrogen (secondary N) is 2. The van der Waals surface area contributed by atoms with Gasteiger partial charge in [0.05, 0.1) is 5.56 Å². The minimum Gasteiger partial charge on any atom is -0.359 e. The molecule has 17 heavy (non-hydrogen) atoms. The third-order valence-corrected chi connectivity index (χ3v) is 3.08. The first-order valence-electron chi connectivity index (χ1n) is 5.02. The summed E-state index contributed by atoms with van der Waals surface area (Å²) in [6, 6.07) is 5.22. The fraction of sp³-hybridized carbons (Fsp3) is 0.273. The summed E-state index contributed by atoms with van der Waals surface area (Å²) in [5.41, 5.74) is 0.509. The molecular weight excluding hydrogens is 304 g/mol. The van der Waals surface area contributed by atoms with E-state index in [1.807, 2.05) is 0 Å². The highest BCUT2D eigenvalue weighted by Crippen LogP contribution is 2.19. The molecule has 0 atom stereocenters. The molecule has 4 nitrogen and oxygen atoms in total. The molecule has 0 fully saturated rings. The molecule has 0 radical (unpaired) electrons. The zero-order valence-electron chi connectivity index (χ0n) is 9.29. The first-order valence-corrected chi connectivity index (χ1v) is 6.26. The zero-order valence-corrected chi connectivity index (χ0v) is 11.8. The van der Waals surface area contributed by atoms with E-state index in [2.05, 4.69) is 39.2 Å². The molecule has 0 aromatic heterocycles. The van der Waals surface area contributed by atoms with Gasteiger partial charge in [0, 0.05) is 29.4 Å². The molecule has 0 aliphatic carbocycles. The van der Waals surface area contributed by atoms with Crippen molar-refractivity contribution in [3.8, 4) is 0 Å². The Labute approximate surface area is 114 Å². The second kappa shape index (κ2) is 6.66. The van der Waals surface area contributed by atoms with Crippen LogP contribution in [0.3, 0.4) is 0 Å². The SMILES string of the molecule is CNC(=O)CCNC(=O)c1cc(S)ccc1Br. The van der Waals surface area contributed by atoms with Gasteiger partial charge in [-0.05, 0) is 34.1 Å². The Kier molecular flexibility index (Phi) is 5.50. The third-order valence-electron chi connectivity index (χ3n) is 2.11. The topological polar surface area (TPSA) is 58.2 Å². The Morgan fingerprint density at radius 1 is 1.41 bits per heavy atom. The summed E-state index contributed by atoms with van der Waals surface area (Å²) in [6.07, 6.45) is 0.264. The van der Waals surface area contributed by atoms with Crippen LogP contribution in [0.1, 0.15) is 16.8 Å². The van der Waals surface area contributed by atoms with E-state index in [0.717, 1.165) is 0 Å². The highest BCUT2D eigenvalue weighted by atomic mass is 79.9. The molecule has 6 heteroatoms. The molecule has 0 bridgehead atoms. The van der Waals surface area contributed by atoms with Crippen LogP contribution in [0.15, 0.2) is 27.6 Å². The third kappa shape index (κ3) is 4.40. The molecule has 0 spiro atoms. The van der Waals surface area contributed by atoms with E-state index in [9.17, 15) is 9.59 Å². The Hall–Kier alpha value is -1.01. The normalized spacial score (nSPS) is 9.82. The monoisotopic (exact) mass is 316 g/mol. The molecule has 0 aliphatic heterocycles. The van der Waals surface area contributed by atoms with Gasteiger partial charge in [0.15, 0.2) is 0 Å². The summed E-state index contributed by atoms with van der Waals surface area (Å²) in [7, 11) is 1.56. The van der Waals surface area contributed by atoms with Gasteiger partial charge < -0.3 is 10.6 Å². The van der Waals surface area contributed by atoms with E-state index in [0.29, 0.717) is 21.5 Å². The summed E-state index contributed by atoms with van der Waals surface area (Å²) >= 11 is 7.46. The fourth-order valence-corrected chi connectivity index (χ4v) is 1.83. The second-order valence-electron chi connectivity index (χ2n) is 3.34. The van der Waals surface area contributed by atoms with Crippen molar-refractivity contribution in [2.75, 3.05) is 13.6 Å². The summed E-state index contributed by atoms with van der Waals surface area (Å²) in [6.45, 7) is 0.307. The van der Waals surface area contributed by atoms with E-state index >= 15 is 0 Å². The van der Waals surface area contributed by atoms with Crippen molar-refractivity contribution in [2.45, 2.75) is 11.3 Å². The minimum atomic E-state index is -0.225. The summed E-state index contributed by atoms with van der Waals surface area (Å²) < 4.78 is 0.702. The molecule has 1 rings (SSSR count). The van der Waals surface area contributed by atoms with Crippen LogP contribution < -0.4 is 10.6 Å². The van der Waals surface area contributed by atoms with Crippen LogP contribution in [0.2, 0.25) is 0 Å². The van der Waals surface area contributed by atoms with Crippen molar-refractivity contribution in [1.82, 2.24) is 10.6 Å². The lowest BCUT2D eigenvalue weighted by molar-refractivity contribution is -0.120. The quantitative estimate of drug-likeness (QED) is 0.739. The van der Waals surface area contributed by atoms with E-state index in [4.69, 9.17) is 0 Å². The predicted molar refractivity (Wildman–Crippen MR) is 72.4 cm³/mol. The lowest BCUT2D eigenvalue weighted by atomic mass is 10.2. The van der Waals surface area contributed by atoms with Gasteiger partial charge in [-0.3, -0.25) is 9.59 Å². The molecular formula is C11H13BrN2O2S. The number of carbonyl (C=O) groups is 2. The van der Waals surface area contributed by atoms with Crippen molar-refractivity contribution in [3.05, 3.63) is 28.2 Å². The van der Waals surface area contributed by atoms with Crippen LogP contribution in [-0.4, -0.2) is 25.4 Å². The molecule has 0 saturated carbocycles. The Balaban J connectivity index is 2.58.